The van der Waals surface area contributed by atoms with Gasteiger partial charge in [0.05, 0.1) is 21.3 Å². The third-order valence-electron chi connectivity index (χ3n) is 4.50. The van der Waals surface area contributed by atoms with E-state index in [0.717, 1.165) is 16.7 Å². The lowest BCUT2D eigenvalue weighted by Crippen LogP contribution is -2.30. The van der Waals surface area contributed by atoms with E-state index < -0.39 is 18.0 Å². The van der Waals surface area contributed by atoms with Gasteiger partial charge in [0, 0.05) is 17.8 Å². The number of hydrogen-bond acceptors (Lipinski definition) is 6. The average Bonchev–Trinajstić information content (AvgIpc) is 2.68. The Morgan fingerprint density at radius 1 is 0.828 bits per heavy atom. The van der Waals surface area contributed by atoms with Crippen LogP contribution in [0, 0.1) is 20.8 Å². The highest BCUT2D eigenvalue weighted by atomic mass is 16.6. The van der Waals surface area contributed by atoms with Gasteiger partial charge in [-0.25, -0.2) is 4.79 Å². The number of carbonyl (C=O) groups is 2. The fraction of sp³-hybridized carbons (Fsp3) is 0.364. The van der Waals surface area contributed by atoms with Crippen molar-refractivity contribution in [2.75, 3.05) is 26.6 Å². The van der Waals surface area contributed by atoms with Gasteiger partial charge in [0.15, 0.2) is 17.6 Å². The summed E-state index contributed by atoms with van der Waals surface area (Å²) in [5, 5.41) is 2.84. The number of amides is 1. The lowest BCUT2D eigenvalue weighted by molar-refractivity contribution is -0.123. The van der Waals surface area contributed by atoms with Gasteiger partial charge in [-0.2, -0.15) is 0 Å². The zero-order chi connectivity index (χ0) is 21.7. The highest BCUT2D eigenvalue weighted by Gasteiger charge is 2.24. The van der Waals surface area contributed by atoms with E-state index in [1.54, 1.807) is 0 Å². The topological polar surface area (TPSA) is 83.1 Å². The van der Waals surface area contributed by atoms with Crippen LogP contribution in [0.5, 0.6) is 17.2 Å². The molecule has 0 heterocycles. The number of rotatable bonds is 7. The Hall–Kier alpha value is -3.22. The van der Waals surface area contributed by atoms with Crippen LogP contribution in [0.2, 0.25) is 0 Å². The van der Waals surface area contributed by atoms with Crippen molar-refractivity contribution in [3.05, 3.63) is 46.5 Å². The fourth-order valence-electron chi connectivity index (χ4n) is 3.07. The molecule has 1 amide bonds. The number of methoxy groups -OCH3 is 3. The Morgan fingerprint density at radius 2 is 1.34 bits per heavy atom. The van der Waals surface area contributed by atoms with E-state index in [1.165, 1.54) is 40.4 Å². The molecule has 2 aromatic carbocycles. The maximum absolute atomic E-state index is 12.7. The first-order valence-electron chi connectivity index (χ1n) is 9.11. The Balaban J connectivity index is 2.19. The first kappa shape index (κ1) is 22.1. The lowest BCUT2D eigenvalue weighted by Gasteiger charge is -2.18. The molecule has 2 rings (SSSR count). The van der Waals surface area contributed by atoms with Crippen LogP contribution in [0.4, 0.5) is 5.69 Å². The molecule has 7 heteroatoms. The largest absolute Gasteiger partial charge is 0.496 e. The van der Waals surface area contributed by atoms with Gasteiger partial charge in [0.1, 0.15) is 11.3 Å². The smallest absolute Gasteiger partial charge is 0.342 e. The molecule has 7 nitrogen and oxygen atoms in total. The molecule has 0 saturated carbocycles. The standard InChI is InChI=1S/C22H27NO6/c1-12-8-13(2)20(14(3)9-12)23-21(24)15(4)29-22(25)16-10-18(27-6)19(28-7)11-17(16)26-5/h8-11,15H,1-7H3,(H,23,24)/t15-/m1/s1. The second-order valence-electron chi connectivity index (χ2n) is 6.72. The van der Waals surface area contributed by atoms with Crippen molar-refractivity contribution < 1.29 is 28.5 Å². The summed E-state index contributed by atoms with van der Waals surface area (Å²) in [7, 11) is 4.37. The van der Waals surface area contributed by atoms with Crippen LogP contribution >= 0.6 is 0 Å². The van der Waals surface area contributed by atoms with Crippen molar-refractivity contribution in [2.24, 2.45) is 0 Å². The third-order valence-corrected chi connectivity index (χ3v) is 4.50. The molecule has 29 heavy (non-hydrogen) atoms. The van der Waals surface area contributed by atoms with Crippen LogP contribution in [0.25, 0.3) is 0 Å². The first-order chi connectivity index (χ1) is 13.7. The monoisotopic (exact) mass is 401 g/mol. The van der Waals surface area contributed by atoms with E-state index in [-0.39, 0.29) is 11.3 Å². The molecule has 2 aromatic rings. The molecule has 0 spiro atoms. The molecule has 0 saturated heterocycles. The number of anilines is 1. The van der Waals surface area contributed by atoms with Crippen LogP contribution in [0.1, 0.15) is 34.0 Å². The normalized spacial score (nSPS) is 11.4. The molecule has 0 unspecified atom stereocenters. The lowest BCUT2D eigenvalue weighted by atomic mass is 10.0. The quantitative estimate of drug-likeness (QED) is 0.710. The van der Waals surface area contributed by atoms with Crippen LogP contribution in [-0.4, -0.2) is 39.3 Å². The molecule has 0 fully saturated rings. The van der Waals surface area contributed by atoms with Crippen LogP contribution in [0.3, 0.4) is 0 Å². The Morgan fingerprint density at radius 3 is 1.86 bits per heavy atom. The van der Waals surface area contributed by atoms with Gasteiger partial charge in [-0.3, -0.25) is 4.79 Å². The van der Waals surface area contributed by atoms with E-state index in [4.69, 9.17) is 18.9 Å². The van der Waals surface area contributed by atoms with Gasteiger partial charge >= 0.3 is 5.97 Å². The Labute approximate surface area is 170 Å². The predicted molar refractivity (Wildman–Crippen MR) is 110 cm³/mol. The van der Waals surface area contributed by atoms with E-state index in [1.807, 2.05) is 32.9 Å². The summed E-state index contributed by atoms with van der Waals surface area (Å²) in [5.41, 5.74) is 3.84. The summed E-state index contributed by atoms with van der Waals surface area (Å²) in [6, 6.07) is 6.94. The van der Waals surface area contributed by atoms with Gasteiger partial charge < -0.3 is 24.3 Å². The van der Waals surface area contributed by atoms with Gasteiger partial charge in [0.25, 0.3) is 5.91 Å². The van der Waals surface area contributed by atoms with Gasteiger partial charge in [-0.15, -0.1) is 0 Å². The van der Waals surface area contributed by atoms with Crippen molar-refractivity contribution in [3.8, 4) is 17.2 Å². The molecule has 156 valence electrons. The zero-order valence-electron chi connectivity index (χ0n) is 17.8. The van der Waals surface area contributed by atoms with Crippen molar-refractivity contribution >= 4 is 17.6 Å². The van der Waals surface area contributed by atoms with Gasteiger partial charge in [-0.05, 0) is 38.8 Å². The number of ether oxygens (including phenoxy) is 4. The SMILES string of the molecule is COc1cc(OC)c(C(=O)O[C@H](C)C(=O)Nc2c(C)cc(C)cc2C)cc1OC. The van der Waals surface area contributed by atoms with Crippen LogP contribution in [-0.2, 0) is 9.53 Å². The second-order valence-corrected chi connectivity index (χ2v) is 6.72. The molecule has 0 aliphatic rings. The van der Waals surface area contributed by atoms with Crippen LogP contribution in [0.15, 0.2) is 24.3 Å². The number of benzene rings is 2. The molecule has 1 atom stereocenters. The molecule has 0 radical (unpaired) electrons. The molecule has 0 bridgehead atoms. The summed E-state index contributed by atoms with van der Waals surface area (Å²) in [6.07, 6.45) is -1.01. The van der Waals surface area contributed by atoms with E-state index >= 15 is 0 Å². The molecule has 1 N–H and O–H groups in total. The van der Waals surface area contributed by atoms with Crippen molar-refractivity contribution in [1.29, 1.82) is 0 Å². The van der Waals surface area contributed by atoms with E-state index in [2.05, 4.69) is 5.32 Å². The highest BCUT2D eigenvalue weighted by molar-refractivity contribution is 5.99. The minimum atomic E-state index is -1.01. The van der Waals surface area contributed by atoms with Crippen molar-refractivity contribution in [3.63, 3.8) is 0 Å². The Bertz CT molecular complexity index is 899. The minimum Gasteiger partial charge on any atom is -0.496 e. The summed E-state index contributed by atoms with van der Waals surface area (Å²) < 4.78 is 21.0. The second kappa shape index (κ2) is 9.32. The molecule has 0 aliphatic heterocycles. The van der Waals surface area contributed by atoms with Crippen molar-refractivity contribution in [1.82, 2.24) is 0 Å². The fourth-order valence-corrected chi connectivity index (χ4v) is 3.07. The summed E-state index contributed by atoms with van der Waals surface area (Å²) in [6.45, 7) is 7.34. The van der Waals surface area contributed by atoms with E-state index in [9.17, 15) is 9.59 Å². The number of esters is 1. The summed E-state index contributed by atoms with van der Waals surface area (Å²) in [5.74, 6) is -0.110. The minimum absolute atomic E-state index is 0.132. The van der Waals surface area contributed by atoms with Crippen molar-refractivity contribution in [2.45, 2.75) is 33.8 Å². The zero-order valence-corrected chi connectivity index (χ0v) is 17.8. The summed E-state index contributed by atoms with van der Waals surface area (Å²) >= 11 is 0. The highest BCUT2D eigenvalue weighted by Crippen LogP contribution is 2.35. The van der Waals surface area contributed by atoms with Crippen LogP contribution < -0.4 is 19.5 Å². The Kier molecular flexibility index (Phi) is 7.09. The number of nitrogens with one attached hydrogen (secondary N) is 1. The van der Waals surface area contributed by atoms with Gasteiger partial charge in [-0.1, -0.05) is 17.7 Å². The van der Waals surface area contributed by atoms with E-state index in [0.29, 0.717) is 17.2 Å². The van der Waals surface area contributed by atoms with Gasteiger partial charge in [0.2, 0.25) is 0 Å². The predicted octanol–water partition coefficient (Wildman–Crippen LogP) is 3.82. The number of carbonyl (C=O) groups excluding carboxylic acids is 2. The first-order valence-corrected chi connectivity index (χ1v) is 9.11. The third kappa shape index (κ3) is 4.99. The summed E-state index contributed by atoms with van der Waals surface area (Å²) in [4.78, 5) is 25.2. The number of aryl methyl sites for hydroxylation is 3. The molecular formula is C22H27NO6. The molecular weight excluding hydrogens is 374 g/mol. The number of hydrogen-bond donors (Lipinski definition) is 1. The molecule has 0 aliphatic carbocycles. The maximum atomic E-state index is 12.7. The maximum Gasteiger partial charge on any atom is 0.342 e. The molecule has 0 aromatic heterocycles. The average molecular weight is 401 g/mol.